The molecule has 0 radical (unpaired) electrons. The zero-order valence-electron chi connectivity index (χ0n) is 22.8. The Morgan fingerprint density at radius 3 is 2.40 bits per heavy atom. The molecule has 216 valence electrons. The molecule has 0 saturated heterocycles. The van der Waals surface area contributed by atoms with E-state index in [1.54, 1.807) is 18.3 Å². The van der Waals surface area contributed by atoms with Crippen molar-refractivity contribution in [1.29, 1.82) is 0 Å². The first-order chi connectivity index (χ1) is 20.2. The first-order valence-corrected chi connectivity index (χ1v) is 14.8. The van der Waals surface area contributed by atoms with E-state index in [9.17, 15) is 13.2 Å². The molecule has 11 heteroatoms. The zero-order valence-corrected chi connectivity index (χ0v) is 24.3. The van der Waals surface area contributed by atoms with E-state index in [1.807, 2.05) is 25.4 Å². The number of rotatable bonds is 8. The molecule has 2 unspecified atom stereocenters. The van der Waals surface area contributed by atoms with Gasteiger partial charge >= 0.3 is 6.18 Å². The van der Waals surface area contributed by atoms with Gasteiger partial charge in [0.2, 0.25) is 0 Å². The Bertz CT molecular complexity index is 1660. The van der Waals surface area contributed by atoms with Crippen LogP contribution in [0.1, 0.15) is 29.7 Å². The Labute approximate surface area is 250 Å². The predicted octanol–water partition coefficient (Wildman–Crippen LogP) is 7.72. The highest BCUT2D eigenvalue weighted by Gasteiger charge is 2.31. The van der Waals surface area contributed by atoms with Gasteiger partial charge < -0.3 is 10.2 Å². The van der Waals surface area contributed by atoms with E-state index < -0.39 is 12.6 Å². The molecule has 0 aliphatic heterocycles. The molecule has 6 rings (SSSR count). The topological polar surface area (TPSA) is 66.8 Å². The van der Waals surface area contributed by atoms with Crippen molar-refractivity contribution >= 4 is 39.0 Å². The highest BCUT2D eigenvalue weighted by Crippen LogP contribution is 2.36. The van der Waals surface area contributed by atoms with Gasteiger partial charge in [-0.05, 0) is 54.7 Å². The second kappa shape index (κ2) is 11.9. The minimum absolute atomic E-state index is 0.244. The van der Waals surface area contributed by atoms with Crippen molar-refractivity contribution in [2.24, 2.45) is 0 Å². The van der Waals surface area contributed by atoms with Crippen LogP contribution >= 0.6 is 22.9 Å². The molecular formula is C31H28ClF3N6S. The minimum Gasteiger partial charge on any atom is -0.356 e. The Hall–Kier alpha value is -3.60. The summed E-state index contributed by atoms with van der Waals surface area (Å²) in [5, 5.41) is 4.82. The Balaban J connectivity index is 1.04. The van der Waals surface area contributed by atoms with Crippen molar-refractivity contribution in [3.05, 3.63) is 88.9 Å². The maximum absolute atomic E-state index is 12.9. The summed E-state index contributed by atoms with van der Waals surface area (Å²) < 4.78 is 38.8. The van der Waals surface area contributed by atoms with Gasteiger partial charge in [0.25, 0.3) is 0 Å². The van der Waals surface area contributed by atoms with Crippen molar-refractivity contribution in [2.75, 3.05) is 11.9 Å². The Morgan fingerprint density at radius 2 is 1.69 bits per heavy atom. The standard InChI is InChI=1S/C31H28ClF3N6S/c1-41(29-26-13-25(14-31(33,34)35)42-30(26)40-18-39-29)24-9-8-23(12-24)36-15-19-2-4-20(5-3-19)21-6-10-27(37-16-21)22-7-11-28(32)38-17-22/h2-7,10-11,13,16-18,23-24,36H,8-9,12,14-15H2,1H3. The van der Waals surface area contributed by atoms with Crippen molar-refractivity contribution in [2.45, 2.75) is 50.5 Å². The van der Waals surface area contributed by atoms with E-state index in [0.29, 0.717) is 27.2 Å². The Morgan fingerprint density at radius 1 is 0.929 bits per heavy atom. The molecule has 1 saturated carbocycles. The number of alkyl halides is 3. The number of nitrogens with zero attached hydrogens (tertiary/aromatic N) is 5. The van der Waals surface area contributed by atoms with Crippen LogP contribution in [0.2, 0.25) is 5.15 Å². The first kappa shape index (κ1) is 28.5. The zero-order chi connectivity index (χ0) is 29.3. The van der Waals surface area contributed by atoms with Crippen LogP contribution in [0.25, 0.3) is 32.6 Å². The van der Waals surface area contributed by atoms with Crippen LogP contribution < -0.4 is 10.2 Å². The van der Waals surface area contributed by atoms with Crippen LogP contribution in [0.15, 0.2) is 73.3 Å². The summed E-state index contributed by atoms with van der Waals surface area (Å²) in [6.07, 6.45) is 2.76. The summed E-state index contributed by atoms with van der Waals surface area (Å²) in [5.74, 6) is 0.693. The average Bonchev–Trinajstić information content (AvgIpc) is 3.62. The fourth-order valence-electron chi connectivity index (χ4n) is 5.47. The van der Waals surface area contributed by atoms with Crippen LogP contribution in [-0.4, -0.2) is 45.2 Å². The summed E-state index contributed by atoms with van der Waals surface area (Å²) in [5.41, 5.74) is 5.09. The van der Waals surface area contributed by atoms with Gasteiger partial charge in [-0.3, -0.25) is 4.98 Å². The maximum Gasteiger partial charge on any atom is 0.393 e. The number of hydrogen-bond acceptors (Lipinski definition) is 7. The number of anilines is 1. The van der Waals surface area contributed by atoms with Gasteiger partial charge in [0, 0.05) is 54.1 Å². The maximum atomic E-state index is 12.9. The minimum atomic E-state index is -4.25. The van der Waals surface area contributed by atoms with Crippen molar-refractivity contribution in [3.8, 4) is 22.4 Å². The van der Waals surface area contributed by atoms with E-state index in [0.717, 1.165) is 59.5 Å². The second-order valence-corrected chi connectivity index (χ2v) is 12.1. The number of aromatic nitrogens is 4. The molecule has 1 aromatic carbocycles. The molecule has 5 aromatic rings. The number of hydrogen-bond donors (Lipinski definition) is 1. The van der Waals surface area contributed by atoms with E-state index >= 15 is 0 Å². The molecule has 6 nitrogen and oxygen atoms in total. The van der Waals surface area contributed by atoms with Crippen LogP contribution in [0.4, 0.5) is 19.0 Å². The smallest absolute Gasteiger partial charge is 0.356 e. The van der Waals surface area contributed by atoms with Crippen LogP contribution in [-0.2, 0) is 13.0 Å². The predicted molar refractivity (Wildman–Crippen MR) is 162 cm³/mol. The van der Waals surface area contributed by atoms with Gasteiger partial charge in [-0.15, -0.1) is 11.3 Å². The van der Waals surface area contributed by atoms with Gasteiger partial charge in [-0.2, -0.15) is 13.2 Å². The lowest BCUT2D eigenvalue weighted by Gasteiger charge is -2.26. The van der Waals surface area contributed by atoms with Crippen molar-refractivity contribution in [1.82, 2.24) is 25.3 Å². The lowest BCUT2D eigenvalue weighted by atomic mass is 10.0. The lowest BCUT2D eigenvalue weighted by Crippen LogP contribution is -2.33. The number of benzene rings is 1. The number of fused-ring (bicyclic) bond motifs is 1. The molecule has 0 amide bonds. The fourth-order valence-corrected chi connectivity index (χ4v) is 6.60. The SMILES string of the molecule is CN(c1ncnc2sc(CC(F)(F)F)cc12)C1CCC(NCc2ccc(-c3ccc(-c4ccc(Cl)nc4)nc3)cc2)C1. The van der Waals surface area contributed by atoms with Gasteiger partial charge in [0.15, 0.2) is 0 Å². The molecule has 4 aromatic heterocycles. The number of halogens is 4. The molecule has 1 aliphatic carbocycles. The van der Waals surface area contributed by atoms with E-state index in [-0.39, 0.29) is 10.9 Å². The van der Waals surface area contributed by atoms with E-state index in [1.165, 1.54) is 11.9 Å². The summed E-state index contributed by atoms with van der Waals surface area (Å²) in [4.78, 5) is 20.3. The molecule has 0 bridgehead atoms. The molecule has 1 aliphatic rings. The summed E-state index contributed by atoms with van der Waals surface area (Å²) >= 11 is 6.97. The third kappa shape index (κ3) is 6.56. The normalized spacial score (nSPS) is 17.2. The largest absolute Gasteiger partial charge is 0.393 e. The van der Waals surface area contributed by atoms with Crippen LogP contribution in [0, 0.1) is 0 Å². The summed E-state index contributed by atoms with van der Waals surface area (Å²) in [7, 11) is 1.97. The molecule has 0 spiro atoms. The molecular weight excluding hydrogens is 581 g/mol. The van der Waals surface area contributed by atoms with Gasteiger partial charge in [-0.25, -0.2) is 15.0 Å². The monoisotopic (exact) mass is 608 g/mol. The lowest BCUT2D eigenvalue weighted by molar-refractivity contribution is -0.126. The number of thiophene rings is 1. The van der Waals surface area contributed by atoms with Gasteiger partial charge in [-0.1, -0.05) is 41.9 Å². The highest BCUT2D eigenvalue weighted by atomic mass is 35.5. The molecule has 1 N–H and O–H groups in total. The fraction of sp³-hybridized carbons (Fsp3) is 0.290. The first-order valence-electron chi connectivity index (χ1n) is 13.7. The number of pyridine rings is 2. The van der Waals surface area contributed by atoms with Gasteiger partial charge in [0.05, 0.1) is 17.5 Å². The average molecular weight is 609 g/mol. The quantitative estimate of drug-likeness (QED) is 0.182. The molecule has 1 fully saturated rings. The third-order valence-electron chi connectivity index (χ3n) is 7.69. The second-order valence-electron chi connectivity index (χ2n) is 10.6. The highest BCUT2D eigenvalue weighted by molar-refractivity contribution is 7.18. The Kier molecular flexibility index (Phi) is 8.11. The number of nitrogens with one attached hydrogen (secondary N) is 1. The van der Waals surface area contributed by atoms with E-state index in [4.69, 9.17) is 11.6 Å². The van der Waals surface area contributed by atoms with Crippen LogP contribution in [0.5, 0.6) is 0 Å². The molecule has 2 atom stereocenters. The molecule has 4 heterocycles. The summed E-state index contributed by atoms with van der Waals surface area (Å²) in [6.45, 7) is 0.755. The van der Waals surface area contributed by atoms with Crippen molar-refractivity contribution in [3.63, 3.8) is 0 Å². The van der Waals surface area contributed by atoms with Gasteiger partial charge in [0.1, 0.15) is 22.1 Å². The van der Waals surface area contributed by atoms with Crippen molar-refractivity contribution < 1.29 is 13.2 Å². The van der Waals surface area contributed by atoms with E-state index in [2.05, 4.69) is 60.5 Å². The molecule has 42 heavy (non-hydrogen) atoms. The van der Waals surface area contributed by atoms with Crippen LogP contribution in [0.3, 0.4) is 0 Å². The third-order valence-corrected chi connectivity index (χ3v) is 8.96. The summed E-state index contributed by atoms with van der Waals surface area (Å²) in [6, 6.07) is 18.3.